The van der Waals surface area contributed by atoms with Crippen LogP contribution in [0.1, 0.15) is 24.8 Å². The van der Waals surface area contributed by atoms with Crippen molar-refractivity contribution in [2.24, 2.45) is 5.92 Å². The molecule has 0 bridgehead atoms. The maximum Gasteiger partial charge on any atom is 0.0184 e. The standard InChI is InChI=1S/C14H18S/c1-12-7-8-14(9-12)11-15-10-13-5-3-2-4-6-13/h2-6,14H,1,7-11H2. The van der Waals surface area contributed by atoms with E-state index in [4.69, 9.17) is 0 Å². The minimum absolute atomic E-state index is 0.895. The second kappa shape index (κ2) is 5.41. The zero-order valence-electron chi connectivity index (χ0n) is 9.11. The molecule has 1 aliphatic carbocycles. The first-order valence-electron chi connectivity index (χ1n) is 5.63. The zero-order chi connectivity index (χ0) is 10.5. The molecule has 1 fully saturated rings. The lowest BCUT2D eigenvalue weighted by atomic mass is 10.1. The molecule has 1 saturated carbocycles. The molecule has 1 aromatic carbocycles. The predicted octanol–water partition coefficient (Wildman–Crippen LogP) is 4.28. The molecule has 0 heterocycles. The Morgan fingerprint density at radius 3 is 2.73 bits per heavy atom. The molecule has 1 unspecified atom stereocenters. The Morgan fingerprint density at radius 1 is 1.27 bits per heavy atom. The Hall–Kier alpha value is -0.690. The monoisotopic (exact) mass is 218 g/mol. The third kappa shape index (κ3) is 3.42. The minimum atomic E-state index is 0.895. The summed E-state index contributed by atoms with van der Waals surface area (Å²) in [5.74, 6) is 3.35. The molecule has 0 N–H and O–H groups in total. The zero-order valence-corrected chi connectivity index (χ0v) is 9.93. The van der Waals surface area contributed by atoms with E-state index < -0.39 is 0 Å². The van der Waals surface area contributed by atoms with E-state index in [9.17, 15) is 0 Å². The second-order valence-electron chi connectivity index (χ2n) is 4.36. The fraction of sp³-hybridized carbons (Fsp3) is 0.429. The topological polar surface area (TPSA) is 0 Å². The summed E-state index contributed by atoms with van der Waals surface area (Å²) in [5.41, 5.74) is 2.90. The highest BCUT2D eigenvalue weighted by molar-refractivity contribution is 7.98. The highest BCUT2D eigenvalue weighted by atomic mass is 32.2. The van der Waals surface area contributed by atoms with Crippen molar-refractivity contribution in [3.63, 3.8) is 0 Å². The molecular weight excluding hydrogens is 200 g/mol. The van der Waals surface area contributed by atoms with Crippen LogP contribution in [-0.4, -0.2) is 5.75 Å². The van der Waals surface area contributed by atoms with Crippen LogP contribution in [0, 0.1) is 5.92 Å². The van der Waals surface area contributed by atoms with Crippen molar-refractivity contribution >= 4 is 11.8 Å². The van der Waals surface area contributed by atoms with Crippen LogP contribution in [0.25, 0.3) is 0 Å². The molecule has 1 aliphatic rings. The Balaban J connectivity index is 1.69. The van der Waals surface area contributed by atoms with Gasteiger partial charge in [0.05, 0.1) is 0 Å². The van der Waals surface area contributed by atoms with Gasteiger partial charge in [0.15, 0.2) is 0 Å². The lowest BCUT2D eigenvalue weighted by molar-refractivity contribution is 0.631. The molecule has 0 radical (unpaired) electrons. The van der Waals surface area contributed by atoms with E-state index in [1.807, 2.05) is 0 Å². The SMILES string of the molecule is C=C1CCC(CSCc2ccccc2)C1. The number of benzene rings is 1. The molecule has 0 spiro atoms. The van der Waals surface area contributed by atoms with Crippen molar-refractivity contribution in [2.75, 3.05) is 5.75 Å². The van der Waals surface area contributed by atoms with Crippen molar-refractivity contribution in [1.29, 1.82) is 0 Å². The summed E-state index contributed by atoms with van der Waals surface area (Å²) in [6, 6.07) is 10.7. The van der Waals surface area contributed by atoms with Crippen molar-refractivity contribution in [1.82, 2.24) is 0 Å². The molecule has 1 heteroatoms. The lowest BCUT2D eigenvalue weighted by Gasteiger charge is -2.07. The summed E-state index contributed by atoms with van der Waals surface area (Å²) in [5, 5.41) is 0. The van der Waals surface area contributed by atoms with E-state index in [0.29, 0.717) is 0 Å². The van der Waals surface area contributed by atoms with Gasteiger partial charge in [-0.2, -0.15) is 11.8 Å². The molecule has 1 atom stereocenters. The number of rotatable bonds is 4. The van der Waals surface area contributed by atoms with Crippen LogP contribution in [0.3, 0.4) is 0 Å². The van der Waals surface area contributed by atoms with Crippen LogP contribution in [-0.2, 0) is 5.75 Å². The minimum Gasteiger partial charge on any atom is -0.157 e. The van der Waals surface area contributed by atoms with Crippen molar-refractivity contribution in [3.05, 3.63) is 48.0 Å². The van der Waals surface area contributed by atoms with Gasteiger partial charge in [0, 0.05) is 5.75 Å². The number of hydrogen-bond acceptors (Lipinski definition) is 1. The van der Waals surface area contributed by atoms with E-state index in [1.165, 1.54) is 36.2 Å². The van der Waals surface area contributed by atoms with Gasteiger partial charge in [-0.05, 0) is 36.5 Å². The molecule has 15 heavy (non-hydrogen) atoms. The molecule has 80 valence electrons. The van der Waals surface area contributed by atoms with Gasteiger partial charge in [0.25, 0.3) is 0 Å². The van der Waals surface area contributed by atoms with E-state index in [2.05, 4.69) is 48.7 Å². The van der Waals surface area contributed by atoms with Crippen LogP contribution in [0.15, 0.2) is 42.5 Å². The van der Waals surface area contributed by atoms with Gasteiger partial charge in [0.2, 0.25) is 0 Å². The van der Waals surface area contributed by atoms with Crippen molar-refractivity contribution in [3.8, 4) is 0 Å². The van der Waals surface area contributed by atoms with Gasteiger partial charge in [-0.1, -0.05) is 42.5 Å². The van der Waals surface area contributed by atoms with Crippen LogP contribution in [0.5, 0.6) is 0 Å². The average Bonchev–Trinajstić information content (AvgIpc) is 2.66. The van der Waals surface area contributed by atoms with Crippen LogP contribution in [0.2, 0.25) is 0 Å². The molecular formula is C14H18S. The van der Waals surface area contributed by atoms with E-state index in [1.54, 1.807) is 0 Å². The van der Waals surface area contributed by atoms with E-state index >= 15 is 0 Å². The molecule has 2 rings (SSSR count). The van der Waals surface area contributed by atoms with E-state index in [0.717, 1.165) is 11.7 Å². The first-order valence-corrected chi connectivity index (χ1v) is 6.78. The van der Waals surface area contributed by atoms with Gasteiger partial charge < -0.3 is 0 Å². The molecule has 0 aromatic heterocycles. The fourth-order valence-electron chi connectivity index (χ4n) is 2.08. The van der Waals surface area contributed by atoms with Crippen LogP contribution >= 0.6 is 11.8 Å². The summed E-state index contributed by atoms with van der Waals surface area (Å²) in [6.07, 6.45) is 3.89. The second-order valence-corrected chi connectivity index (χ2v) is 5.39. The highest BCUT2D eigenvalue weighted by Crippen LogP contribution is 2.31. The quantitative estimate of drug-likeness (QED) is 0.680. The molecule has 0 aliphatic heterocycles. The summed E-state index contributed by atoms with van der Waals surface area (Å²) in [7, 11) is 0. The van der Waals surface area contributed by atoms with Gasteiger partial charge in [-0.3, -0.25) is 0 Å². The van der Waals surface area contributed by atoms with Gasteiger partial charge in [-0.15, -0.1) is 0 Å². The number of thioether (sulfide) groups is 1. The maximum atomic E-state index is 4.06. The summed E-state index contributed by atoms with van der Waals surface area (Å²) >= 11 is 2.06. The third-order valence-electron chi connectivity index (χ3n) is 2.95. The fourth-order valence-corrected chi connectivity index (χ4v) is 3.24. The normalized spacial score (nSPS) is 20.8. The largest absolute Gasteiger partial charge is 0.157 e. The summed E-state index contributed by atoms with van der Waals surface area (Å²) in [6.45, 7) is 4.06. The van der Waals surface area contributed by atoms with E-state index in [-0.39, 0.29) is 0 Å². The van der Waals surface area contributed by atoms with Crippen LogP contribution < -0.4 is 0 Å². The predicted molar refractivity (Wildman–Crippen MR) is 69.1 cm³/mol. The summed E-state index contributed by atoms with van der Waals surface area (Å²) < 4.78 is 0. The average molecular weight is 218 g/mol. The summed E-state index contributed by atoms with van der Waals surface area (Å²) in [4.78, 5) is 0. The van der Waals surface area contributed by atoms with Crippen molar-refractivity contribution in [2.45, 2.75) is 25.0 Å². The lowest BCUT2D eigenvalue weighted by Crippen LogP contribution is -1.97. The first-order chi connectivity index (χ1) is 7.34. The number of hydrogen-bond donors (Lipinski definition) is 0. The molecule has 1 aromatic rings. The van der Waals surface area contributed by atoms with Gasteiger partial charge >= 0.3 is 0 Å². The molecule has 0 nitrogen and oxygen atoms in total. The Kier molecular flexibility index (Phi) is 3.90. The Bertz CT molecular complexity index is 315. The third-order valence-corrected chi connectivity index (χ3v) is 4.19. The maximum absolute atomic E-state index is 4.06. The smallest absolute Gasteiger partial charge is 0.0184 e. The van der Waals surface area contributed by atoms with Gasteiger partial charge in [0.1, 0.15) is 0 Å². The van der Waals surface area contributed by atoms with Crippen molar-refractivity contribution < 1.29 is 0 Å². The molecule has 0 saturated heterocycles. The van der Waals surface area contributed by atoms with Gasteiger partial charge in [-0.25, -0.2) is 0 Å². The first kappa shape index (κ1) is 10.8. The molecule has 0 amide bonds. The highest BCUT2D eigenvalue weighted by Gasteiger charge is 2.17. The number of allylic oxidation sites excluding steroid dienone is 1. The Morgan fingerprint density at radius 2 is 2.07 bits per heavy atom. The Labute approximate surface area is 96.8 Å². The van der Waals surface area contributed by atoms with Crippen LogP contribution in [0.4, 0.5) is 0 Å².